The highest BCUT2D eigenvalue weighted by atomic mass is 35.5. The molecule has 10 heteroatoms. The number of nitrogens with zero attached hydrogens (tertiary/aromatic N) is 5. The van der Waals surface area contributed by atoms with Gasteiger partial charge in [-0.15, -0.1) is 0 Å². The van der Waals surface area contributed by atoms with Crippen LogP contribution in [0.5, 0.6) is 5.75 Å². The zero-order valence-electron chi connectivity index (χ0n) is 21.7. The van der Waals surface area contributed by atoms with E-state index < -0.39 is 5.41 Å². The van der Waals surface area contributed by atoms with Crippen molar-refractivity contribution >= 4 is 34.8 Å². The molecule has 4 heterocycles. The first kappa shape index (κ1) is 24.6. The molecule has 1 aromatic carbocycles. The van der Waals surface area contributed by atoms with Gasteiger partial charge in [0.2, 0.25) is 5.91 Å². The number of nitrogen functional groups attached to an aromatic ring is 1. The second kappa shape index (κ2) is 9.23. The van der Waals surface area contributed by atoms with E-state index in [1.807, 2.05) is 16.8 Å². The molecule has 1 unspecified atom stereocenters. The van der Waals surface area contributed by atoms with E-state index in [0.29, 0.717) is 45.2 Å². The Morgan fingerprint density at radius 1 is 1.21 bits per heavy atom. The molecular formula is C28H30ClN7O2. The van der Waals surface area contributed by atoms with Gasteiger partial charge >= 0.3 is 0 Å². The first-order valence-electron chi connectivity index (χ1n) is 12.9. The van der Waals surface area contributed by atoms with E-state index in [1.165, 1.54) is 32.8 Å². The van der Waals surface area contributed by atoms with Gasteiger partial charge in [-0.25, -0.2) is 19.9 Å². The fraction of sp³-hybridized carbons (Fsp3) is 0.393. The maximum absolute atomic E-state index is 13.3. The van der Waals surface area contributed by atoms with Crippen LogP contribution >= 0.6 is 11.6 Å². The fourth-order valence-corrected chi connectivity index (χ4v) is 6.01. The maximum atomic E-state index is 13.3. The topological polar surface area (TPSA) is 120 Å². The number of aromatic nitrogens is 5. The lowest BCUT2D eigenvalue weighted by Crippen LogP contribution is -2.33. The van der Waals surface area contributed by atoms with Crippen molar-refractivity contribution in [2.24, 2.45) is 11.8 Å². The van der Waals surface area contributed by atoms with E-state index in [-0.39, 0.29) is 11.7 Å². The molecule has 4 aromatic rings. The average Bonchev–Trinajstić information content (AvgIpc) is 3.48. The number of amides is 1. The van der Waals surface area contributed by atoms with E-state index in [2.05, 4.69) is 22.2 Å². The standard InChI is InChI=1S/C28H30ClN7O2/c1-15-4-6-16(7-5-15)12-19-26-31-10-11-36(26)14-20(32-19)24-33-23(30)22-25(34-24)35-27(37)28(22,2)17-8-9-18(29)21(13-17)38-3/h8-11,13-16H,4-7,12H2,1-3H3,(H3,30,33,34,35,37). The third-order valence-corrected chi connectivity index (χ3v) is 8.45. The van der Waals surface area contributed by atoms with E-state index in [1.54, 1.807) is 31.3 Å². The van der Waals surface area contributed by atoms with Gasteiger partial charge in [-0.1, -0.05) is 37.4 Å². The van der Waals surface area contributed by atoms with Gasteiger partial charge in [0.1, 0.15) is 28.5 Å². The number of nitrogens with one attached hydrogen (secondary N) is 1. The Labute approximate surface area is 225 Å². The summed E-state index contributed by atoms with van der Waals surface area (Å²) in [5.74, 6) is 2.54. The lowest BCUT2D eigenvalue weighted by molar-refractivity contribution is -0.119. The Hall–Kier alpha value is -3.72. The molecule has 9 nitrogen and oxygen atoms in total. The Kier molecular flexibility index (Phi) is 5.98. The zero-order chi connectivity index (χ0) is 26.6. The molecule has 0 radical (unpaired) electrons. The Bertz CT molecular complexity index is 1560. The molecule has 3 N–H and O–H groups in total. The van der Waals surface area contributed by atoms with Gasteiger partial charge in [0, 0.05) is 18.6 Å². The molecular weight excluding hydrogens is 502 g/mol. The molecule has 1 amide bonds. The summed E-state index contributed by atoms with van der Waals surface area (Å²) in [5, 5.41) is 3.37. The van der Waals surface area contributed by atoms with Crippen LogP contribution in [0.4, 0.5) is 11.6 Å². The Balaban J connectivity index is 1.41. The smallest absolute Gasteiger partial charge is 0.240 e. The quantitative estimate of drug-likeness (QED) is 0.369. The number of hydrogen-bond acceptors (Lipinski definition) is 7. The molecule has 1 aliphatic carbocycles. The molecule has 1 fully saturated rings. The summed E-state index contributed by atoms with van der Waals surface area (Å²) in [4.78, 5) is 32.2. The van der Waals surface area contributed by atoms with Crippen molar-refractivity contribution in [2.75, 3.05) is 18.2 Å². The molecule has 1 aliphatic heterocycles. The Morgan fingerprint density at radius 2 is 2.00 bits per heavy atom. The van der Waals surface area contributed by atoms with Crippen LogP contribution in [-0.2, 0) is 16.6 Å². The highest BCUT2D eigenvalue weighted by Crippen LogP contribution is 2.46. The normalized spacial score (nSPS) is 22.9. The number of carbonyl (C=O) groups excluding carboxylic acids is 1. The number of nitrogens with two attached hydrogens (primary N) is 1. The van der Waals surface area contributed by atoms with Crippen LogP contribution in [0.1, 0.15) is 56.4 Å². The molecule has 196 valence electrons. The average molecular weight is 532 g/mol. The van der Waals surface area contributed by atoms with Crippen molar-refractivity contribution in [1.29, 1.82) is 0 Å². The molecule has 3 aromatic heterocycles. The summed E-state index contributed by atoms with van der Waals surface area (Å²) in [5.41, 5.74) is 8.98. The SMILES string of the molecule is COc1cc(C2(C)C(=O)Nc3nc(-c4cn5ccnc5c(CC5CCC(C)CC5)n4)nc(N)c32)ccc1Cl. The number of carbonyl (C=O) groups is 1. The number of ether oxygens (including phenoxy) is 1. The van der Waals surface area contributed by atoms with Crippen LogP contribution in [-0.4, -0.2) is 37.4 Å². The van der Waals surface area contributed by atoms with Gasteiger partial charge in [-0.3, -0.25) is 4.79 Å². The summed E-state index contributed by atoms with van der Waals surface area (Å²) < 4.78 is 7.33. The zero-order valence-corrected chi connectivity index (χ0v) is 22.4. The largest absolute Gasteiger partial charge is 0.495 e. The van der Waals surface area contributed by atoms with Gasteiger partial charge in [-0.05, 0) is 55.7 Å². The number of benzene rings is 1. The summed E-state index contributed by atoms with van der Waals surface area (Å²) in [6.07, 6.45) is 11.3. The monoisotopic (exact) mass is 531 g/mol. The molecule has 1 atom stereocenters. The summed E-state index contributed by atoms with van der Waals surface area (Å²) >= 11 is 6.23. The number of imidazole rings is 1. The third kappa shape index (κ3) is 3.96. The number of fused-ring (bicyclic) bond motifs is 2. The molecule has 1 saturated carbocycles. The minimum Gasteiger partial charge on any atom is -0.495 e. The highest BCUT2D eigenvalue weighted by Gasteiger charge is 2.48. The van der Waals surface area contributed by atoms with Crippen molar-refractivity contribution in [3.05, 3.63) is 58.6 Å². The summed E-state index contributed by atoms with van der Waals surface area (Å²) in [6.45, 7) is 4.12. The molecule has 0 spiro atoms. The molecule has 0 bridgehead atoms. The highest BCUT2D eigenvalue weighted by molar-refractivity contribution is 6.32. The number of anilines is 2. The first-order valence-corrected chi connectivity index (χ1v) is 13.3. The maximum Gasteiger partial charge on any atom is 0.240 e. The van der Waals surface area contributed by atoms with Crippen LogP contribution in [0.25, 0.3) is 17.2 Å². The van der Waals surface area contributed by atoms with Gasteiger partial charge in [-0.2, -0.15) is 0 Å². The second-order valence-corrected chi connectivity index (χ2v) is 11.1. The second-order valence-electron chi connectivity index (χ2n) is 10.6. The van der Waals surface area contributed by atoms with E-state index in [9.17, 15) is 4.79 Å². The fourth-order valence-electron chi connectivity index (χ4n) is 5.82. The van der Waals surface area contributed by atoms with E-state index in [0.717, 1.165) is 23.7 Å². The minimum absolute atomic E-state index is 0.218. The lowest BCUT2D eigenvalue weighted by atomic mass is 9.77. The van der Waals surface area contributed by atoms with Crippen molar-refractivity contribution in [3.63, 3.8) is 0 Å². The summed E-state index contributed by atoms with van der Waals surface area (Å²) in [7, 11) is 1.53. The van der Waals surface area contributed by atoms with Crippen LogP contribution in [0.2, 0.25) is 5.02 Å². The van der Waals surface area contributed by atoms with Gasteiger partial charge in [0.05, 0.1) is 23.4 Å². The summed E-state index contributed by atoms with van der Waals surface area (Å²) in [6, 6.07) is 5.24. The Morgan fingerprint density at radius 3 is 2.76 bits per heavy atom. The van der Waals surface area contributed by atoms with Gasteiger partial charge in [0.15, 0.2) is 11.5 Å². The van der Waals surface area contributed by atoms with E-state index >= 15 is 0 Å². The third-order valence-electron chi connectivity index (χ3n) is 8.14. The van der Waals surface area contributed by atoms with Crippen LogP contribution in [0.15, 0.2) is 36.8 Å². The number of hydrogen-bond donors (Lipinski definition) is 2. The molecule has 6 rings (SSSR count). The lowest BCUT2D eigenvalue weighted by Gasteiger charge is -2.26. The number of halogens is 1. The molecule has 2 aliphatic rings. The number of rotatable bonds is 5. The van der Waals surface area contributed by atoms with Gasteiger partial charge < -0.3 is 20.2 Å². The van der Waals surface area contributed by atoms with Crippen LogP contribution in [0, 0.1) is 11.8 Å². The van der Waals surface area contributed by atoms with Crippen LogP contribution < -0.4 is 15.8 Å². The first-order chi connectivity index (χ1) is 18.3. The molecule has 0 saturated heterocycles. The minimum atomic E-state index is -1.11. The van der Waals surface area contributed by atoms with Crippen molar-refractivity contribution in [2.45, 2.75) is 51.4 Å². The van der Waals surface area contributed by atoms with Crippen molar-refractivity contribution < 1.29 is 9.53 Å². The van der Waals surface area contributed by atoms with Crippen molar-refractivity contribution in [1.82, 2.24) is 24.3 Å². The molecule has 38 heavy (non-hydrogen) atoms. The van der Waals surface area contributed by atoms with Crippen LogP contribution in [0.3, 0.4) is 0 Å². The van der Waals surface area contributed by atoms with Gasteiger partial charge in [0.25, 0.3) is 0 Å². The van der Waals surface area contributed by atoms with E-state index in [4.69, 9.17) is 32.0 Å². The number of methoxy groups -OCH3 is 1. The predicted octanol–water partition coefficient (Wildman–Crippen LogP) is 5.06. The predicted molar refractivity (Wildman–Crippen MR) is 146 cm³/mol. The van der Waals surface area contributed by atoms with Crippen molar-refractivity contribution in [3.8, 4) is 17.3 Å².